The Bertz CT molecular complexity index is 759. The lowest BCUT2D eigenvalue weighted by molar-refractivity contribution is 0.582. The molecule has 0 aromatic heterocycles. The summed E-state index contributed by atoms with van der Waals surface area (Å²) in [6.45, 7) is 4.54. The molecule has 1 heterocycles. The minimum absolute atomic E-state index is 0.766. The van der Waals surface area contributed by atoms with E-state index in [0.29, 0.717) is 0 Å². The molecule has 3 rings (SSSR count). The molecule has 0 amide bonds. The van der Waals surface area contributed by atoms with Gasteiger partial charge in [-0.25, -0.2) is 0 Å². The molecule has 0 aliphatic carbocycles. The lowest BCUT2D eigenvalue weighted by Crippen LogP contribution is -2.14. The largest absolute Gasteiger partial charge is 0.345 e. The highest BCUT2D eigenvalue weighted by atomic mass is 35.5. The van der Waals surface area contributed by atoms with Gasteiger partial charge in [-0.3, -0.25) is 0 Å². The first kappa shape index (κ1) is 20.4. The molecule has 2 aromatic rings. The first-order valence-electron chi connectivity index (χ1n) is 10.3. The molecule has 0 saturated heterocycles. The van der Waals surface area contributed by atoms with E-state index in [1.165, 1.54) is 62.0 Å². The lowest BCUT2D eigenvalue weighted by atomic mass is 9.99. The average molecular weight is 402 g/mol. The van der Waals surface area contributed by atoms with Gasteiger partial charge in [-0.05, 0) is 49.4 Å². The van der Waals surface area contributed by atoms with Crippen LogP contribution in [0.3, 0.4) is 0 Å². The van der Waals surface area contributed by atoms with Crippen LogP contribution in [0.25, 0.3) is 5.57 Å². The second kappa shape index (κ2) is 9.76. The second-order valence-electron chi connectivity index (χ2n) is 7.45. The van der Waals surface area contributed by atoms with Crippen molar-refractivity contribution in [2.75, 3.05) is 12.3 Å². The van der Waals surface area contributed by atoms with E-state index in [1.54, 1.807) is 0 Å². The van der Waals surface area contributed by atoms with Crippen molar-refractivity contribution in [1.82, 2.24) is 0 Å². The van der Waals surface area contributed by atoms with Gasteiger partial charge in [-0.15, -0.1) is 0 Å². The van der Waals surface area contributed by atoms with Gasteiger partial charge in [0.1, 0.15) is 5.82 Å². The zero-order chi connectivity index (χ0) is 19.1. The van der Waals surface area contributed by atoms with E-state index >= 15 is 0 Å². The summed E-state index contributed by atoms with van der Waals surface area (Å²) in [7, 11) is -1.62. The van der Waals surface area contributed by atoms with Gasteiger partial charge < -0.3 is 4.52 Å². The summed E-state index contributed by atoms with van der Waals surface area (Å²) in [5.41, 5.74) is 3.70. The fraction of sp³-hybridized carbons (Fsp3) is 0.417. The molecular formula is C24H31ClOP+. The Labute approximate surface area is 170 Å². The molecule has 1 aliphatic rings. The maximum Gasteiger partial charge on any atom is 0.216 e. The van der Waals surface area contributed by atoms with Crippen LogP contribution in [0.15, 0.2) is 54.3 Å². The standard InChI is InChI=1S/C24H31ClOP/c1-3-5-10-16-27(17-11-6-4-2)19-23(20-12-8-7-9-13-20)22-18-21(25)14-15-24(22)26-27/h7-9,12-15,18-19H,3-6,10-11,16-17H2,1-2H3/q+1. The van der Waals surface area contributed by atoms with E-state index in [2.05, 4.69) is 62.1 Å². The van der Waals surface area contributed by atoms with Crippen LogP contribution in [0, 0.1) is 0 Å². The van der Waals surface area contributed by atoms with E-state index in [1.807, 2.05) is 6.07 Å². The van der Waals surface area contributed by atoms with Crippen LogP contribution in [-0.2, 0) is 0 Å². The Morgan fingerprint density at radius 1 is 0.852 bits per heavy atom. The number of benzene rings is 2. The van der Waals surface area contributed by atoms with Gasteiger partial charge in [0.15, 0.2) is 5.75 Å². The summed E-state index contributed by atoms with van der Waals surface area (Å²) in [6.07, 6.45) is 9.91. The molecule has 0 saturated carbocycles. The van der Waals surface area contributed by atoms with Crippen molar-refractivity contribution in [3.63, 3.8) is 0 Å². The minimum atomic E-state index is -1.62. The van der Waals surface area contributed by atoms with Crippen molar-refractivity contribution >= 4 is 24.7 Å². The third-order valence-corrected chi connectivity index (χ3v) is 8.91. The molecule has 0 unspecified atom stereocenters. The van der Waals surface area contributed by atoms with Gasteiger partial charge in [-0.2, -0.15) is 0 Å². The summed E-state index contributed by atoms with van der Waals surface area (Å²) >= 11 is 6.33. The van der Waals surface area contributed by atoms with E-state index in [0.717, 1.165) is 16.3 Å². The van der Waals surface area contributed by atoms with E-state index in [4.69, 9.17) is 16.1 Å². The molecule has 0 bridgehead atoms. The smallest absolute Gasteiger partial charge is 0.216 e. The van der Waals surface area contributed by atoms with E-state index < -0.39 is 7.49 Å². The third-order valence-electron chi connectivity index (χ3n) is 5.24. The van der Waals surface area contributed by atoms with Crippen LogP contribution in [0.1, 0.15) is 63.5 Å². The maximum atomic E-state index is 6.80. The van der Waals surface area contributed by atoms with Crippen LogP contribution in [0.2, 0.25) is 5.02 Å². The Balaban J connectivity index is 2.03. The number of fused-ring (bicyclic) bond motifs is 1. The molecule has 3 heteroatoms. The van der Waals surface area contributed by atoms with E-state index in [-0.39, 0.29) is 0 Å². The lowest BCUT2D eigenvalue weighted by Gasteiger charge is -2.30. The highest BCUT2D eigenvalue weighted by Gasteiger charge is 2.43. The van der Waals surface area contributed by atoms with Crippen LogP contribution >= 0.6 is 19.1 Å². The van der Waals surface area contributed by atoms with Gasteiger partial charge in [0.2, 0.25) is 7.49 Å². The molecule has 2 aromatic carbocycles. The quantitative estimate of drug-likeness (QED) is 0.302. The van der Waals surface area contributed by atoms with Crippen LogP contribution < -0.4 is 4.52 Å². The first-order chi connectivity index (χ1) is 13.2. The van der Waals surface area contributed by atoms with E-state index in [9.17, 15) is 0 Å². The normalized spacial score (nSPS) is 15.0. The maximum absolute atomic E-state index is 6.80. The average Bonchev–Trinajstić information content (AvgIpc) is 2.69. The topological polar surface area (TPSA) is 9.23 Å². The summed E-state index contributed by atoms with van der Waals surface area (Å²) in [5.74, 6) is 3.52. The molecule has 144 valence electrons. The van der Waals surface area contributed by atoms with Gasteiger partial charge in [-0.1, -0.05) is 68.6 Å². The van der Waals surface area contributed by atoms with Gasteiger partial charge in [0, 0.05) is 16.2 Å². The highest BCUT2D eigenvalue weighted by molar-refractivity contribution is 7.75. The van der Waals surface area contributed by atoms with Gasteiger partial charge >= 0.3 is 0 Å². The predicted molar refractivity (Wildman–Crippen MR) is 121 cm³/mol. The second-order valence-corrected chi connectivity index (χ2v) is 11.1. The molecule has 0 spiro atoms. The number of halogens is 1. The number of rotatable bonds is 9. The number of hydrogen-bond acceptors (Lipinski definition) is 1. The Hall–Kier alpha value is -1.30. The molecule has 0 N–H and O–H groups in total. The zero-order valence-electron chi connectivity index (χ0n) is 16.6. The van der Waals surface area contributed by atoms with Crippen molar-refractivity contribution in [3.05, 3.63) is 70.5 Å². The first-order valence-corrected chi connectivity index (χ1v) is 12.8. The van der Waals surface area contributed by atoms with Gasteiger partial charge in [0.05, 0.1) is 12.3 Å². The fourth-order valence-electron chi connectivity index (χ4n) is 3.76. The molecule has 0 fully saturated rings. The van der Waals surface area contributed by atoms with Gasteiger partial charge in [0.25, 0.3) is 0 Å². The monoisotopic (exact) mass is 401 g/mol. The molecule has 1 nitrogen and oxygen atoms in total. The van der Waals surface area contributed by atoms with Crippen LogP contribution in [0.4, 0.5) is 0 Å². The number of hydrogen-bond donors (Lipinski definition) is 0. The zero-order valence-corrected chi connectivity index (χ0v) is 18.2. The van der Waals surface area contributed by atoms with Crippen molar-refractivity contribution in [1.29, 1.82) is 0 Å². The molecule has 1 aliphatic heterocycles. The Kier molecular flexibility index (Phi) is 7.39. The number of unbranched alkanes of at least 4 members (excludes halogenated alkanes) is 4. The molecule has 27 heavy (non-hydrogen) atoms. The predicted octanol–water partition coefficient (Wildman–Crippen LogP) is 8.43. The molecular weight excluding hydrogens is 371 g/mol. The Morgan fingerprint density at radius 3 is 2.15 bits per heavy atom. The van der Waals surface area contributed by atoms with Crippen molar-refractivity contribution < 1.29 is 4.52 Å². The third kappa shape index (κ3) is 5.15. The fourth-order valence-corrected chi connectivity index (χ4v) is 7.47. The highest BCUT2D eigenvalue weighted by Crippen LogP contribution is 2.67. The SMILES string of the molecule is CCCCC[P+]1(CCCCC)C=C(c2ccccc2)c2cc(Cl)ccc2O1. The summed E-state index contributed by atoms with van der Waals surface area (Å²) in [4.78, 5) is 0. The van der Waals surface area contributed by atoms with Crippen LogP contribution in [0.5, 0.6) is 5.75 Å². The summed E-state index contributed by atoms with van der Waals surface area (Å²) < 4.78 is 6.80. The van der Waals surface area contributed by atoms with Crippen molar-refractivity contribution in [2.45, 2.75) is 52.4 Å². The van der Waals surface area contributed by atoms with Crippen LogP contribution in [-0.4, -0.2) is 12.3 Å². The summed E-state index contributed by atoms with van der Waals surface area (Å²) in [5, 5.41) is 0.766. The Morgan fingerprint density at radius 2 is 1.52 bits per heavy atom. The van der Waals surface area contributed by atoms with Crippen molar-refractivity contribution in [2.24, 2.45) is 0 Å². The minimum Gasteiger partial charge on any atom is -0.345 e. The van der Waals surface area contributed by atoms with Crippen molar-refractivity contribution in [3.8, 4) is 5.75 Å². The molecule has 0 radical (unpaired) electrons. The molecule has 0 atom stereocenters. The summed E-state index contributed by atoms with van der Waals surface area (Å²) in [6, 6.07) is 16.8.